The number of halogens is 3. The van der Waals surface area contributed by atoms with E-state index in [0.717, 1.165) is 5.56 Å². The Morgan fingerprint density at radius 3 is 2.38 bits per heavy atom. The Labute approximate surface area is 120 Å². The van der Waals surface area contributed by atoms with Crippen molar-refractivity contribution in [3.8, 4) is 0 Å². The second-order valence-corrected chi connectivity index (χ2v) is 4.59. The van der Waals surface area contributed by atoms with Gasteiger partial charge in [-0.25, -0.2) is 0 Å². The van der Waals surface area contributed by atoms with Gasteiger partial charge in [0.25, 0.3) is 0 Å². The molecule has 0 bridgehead atoms. The zero-order chi connectivity index (χ0) is 16.0. The Hall–Kier alpha value is -2.05. The summed E-state index contributed by atoms with van der Waals surface area (Å²) in [7, 11) is 0. The average molecular weight is 302 g/mol. The van der Waals surface area contributed by atoms with Crippen LogP contribution in [0.1, 0.15) is 31.7 Å². The van der Waals surface area contributed by atoms with Crippen molar-refractivity contribution >= 4 is 23.2 Å². The first-order valence-electron chi connectivity index (χ1n) is 6.48. The predicted molar refractivity (Wildman–Crippen MR) is 74.0 cm³/mol. The third-order valence-corrected chi connectivity index (χ3v) is 2.75. The van der Waals surface area contributed by atoms with Crippen LogP contribution in [0.4, 0.5) is 24.5 Å². The van der Waals surface area contributed by atoms with Crippen molar-refractivity contribution in [1.29, 1.82) is 0 Å². The van der Waals surface area contributed by atoms with E-state index >= 15 is 0 Å². The van der Waals surface area contributed by atoms with Gasteiger partial charge in [-0.1, -0.05) is 13.0 Å². The SMILES string of the molecule is CCC(=O)Nc1cc(NC(=O)CCC(F)(F)F)ccc1C. The summed E-state index contributed by atoms with van der Waals surface area (Å²) in [5.41, 5.74) is 1.67. The maximum Gasteiger partial charge on any atom is 0.389 e. The zero-order valence-electron chi connectivity index (χ0n) is 11.8. The topological polar surface area (TPSA) is 58.2 Å². The Bertz CT molecular complexity index is 527. The monoisotopic (exact) mass is 302 g/mol. The normalized spacial score (nSPS) is 11.1. The summed E-state index contributed by atoms with van der Waals surface area (Å²) in [5.74, 6) is -0.900. The lowest BCUT2D eigenvalue weighted by Crippen LogP contribution is -2.17. The minimum absolute atomic E-state index is 0.182. The second-order valence-electron chi connectivity index (χ2n) is 4.59. The molecule has 0 heterocycles. The summed E-state index contributed by atoms with van der Waals surface area (Å²) in [5, 5.41) is 5.04. The third-order valence-electron chi connectivity index (χ3n) is 2.75. The van der Waals surface area contributed by atoms with Crippen molar-refractivity contribution in [2.75, 3.05) is 10.6 Å². The van der Waals surface area contributed by atoms with Gasteiger partial charge in [0, 0.05) is 24.2 Å². The highest BCUT2D eigenvalue weighted by atomic mass is 19.4. The molecule has 2 amide bonds. The first-order chi connectivity index (χ1) is 9.71. The number of nitrogens with one attached hydrogen (secondary N) is 2. The number of benzene rings is 1. The van der Waals surface area contributed by atoms with Gasteiger partial charge in [-0.2, -0.15) is 13.2 Å². The largest absolute Gasteiger partial charge is 0.389 e. The maximum absolute atomic E-state index is 12.0. The number of anilines is 2. The summed E-state index contributed by atoms with van der Waals surface area (Å²) in [6.07, 6.45) is -5.84. The van der Waals surface area contributed by atoms with Crippen LogP contribution in [-0.2, 0) is 9.59 Å². The highest BCUT2D eigenvalue weighted by Gasteiger charge is 2.27. The van der Waals surface area contributed by atoms with Crippen molar-refractivity contribution in [3.63, 3.8) is 0 Å². The van der Waals surface area contributed by atoms with E-state index in [1.807, 2.05) is 0 Å². The number of hydrogen-bond donors (Lipinski definition) is 2. The van der Waals surface area contributed by atoms with Crippen LogP contribution < -0.4 is 10.6 Å². The van der Waals surface area contributed by atoms with Gasteiger partial charge < -0.3 is 10.6 Å². The highest BCUT2D eigenvalue weighted by molar-refractivity contribution is 5.94. The smallest absolute Gasteiger partial charge is 0.326 e. The van der Waals surface area contributed by atoms with E-state index in [0.29, 0.717) is 17.8 Å². The molecule has 0 aliphatic heterocycles. The van der Waals surface area contributed by atoms with E-state index in [-0.39, 0.29) is 5.91 Å². The Morgan fingerprint density at radius 2 is 1.81 bits per heavy atom. The average Bonchev–Trinajstić information content (AvgIpc) is 2.39. The molecular weight excluding hydrogens is 285 g/mol. The molecule has 0 atom stereocenters. The van der Waals surface area contributed by atoms with Crippen LogP contribution in [-0.4, -0.2) is 18.0 Å². The molecule has 0 fully saturated rings. The first kappa shape index (κ1) is 17.0. The molecule has 0 saturated heterocycles. The van der Waals surface area contributed by atoms with Crippen LogP contribution in [0.5, 0.6) is 0 Å². The number of rotatable bonds is 5. The summed E-state index contributed by atoms with van der Waals surface area (Å²) >= 11 is 0. The van der Waals surface area contributed by atoms with Gasteiger partial charge in [0.2, 0.25) is 11.8 Å². The number of alkyl halides is 3. The molecule has 0 radical (unpaired) electrons. The van der Waals surface area contributed by atoms with Crippen molar-refractivity contribution in [2.24, 2.45) is 0 Å². The van der Waals surface area contributed by atoms with Crippen molar-refractivity contribution in [1.82, 2.24) is 0 Å². The quantitative estimate of drug-likeness (QED) is 0.872. The molecule has 0 saturated carbocycles. The minimum atomic E-state index is -4.36. The molecule has 7 heteroatoms. The number of aryl methyl sites for hydroxylation is 1. The molecule has 4 nitrogen and oxygen atoms in total. The van der Waals surface area contributed by atoms with Crippen LogP contribution in [0, 0.1) is 6.92 Å². The molecule has 0 aliphatic carbocycles. The van der Waals surface area contributed by atoms with Gasteiger partial charge in [-0.15, -0.1) is 0 Å². The lowest BCUT2D eigenvalue weighted by Gasteiger charge is -2.11. The van der Waals surface area contributed by atoms with Crippen LogP contribution in [0.3, 0.4) is 0 Å². The molecule has 0 spiro atoms. The maximum atomic E-state index is 12.0. The standard InChI is InChI=1S/C14H17F3N2O2/c1-3-12(20)19-11-8-10(5-4-9(11)2)18-13(21)6-7-14(15,16)17/h4-5,8H,3,6-7H2,1-2H3,(H,18,21)(H,19,20). The number of hydrogen-bond acceptors (Lipinski definition) is 2. The Balaban J connectivity index is 2.69. The van der Waals surface area contributed by atoms with Crippen LogP contribution in [0.15, 0.2) is 18.2 Å². The third kappa shape index (κ3) is 6.29. The van der Waals surface area contributed by atoms with Gasteiger partial charge in [0.1, 0.15) is 0 Å². The molecule has 0 aromatic heterocycles. The molecule has 1 rings (SSSR count). The van der Waals surface area contributed by atoms with Gasteiger partial charge in [-0.3, -0.25) is 9.59 Å². The number of carbonyl (C=O) groups is 2. The number of carbonyl (C=O) groups excluding carboxylic acids is 2. The summed E-state index contributed by atoms with van der Waals surface area (Å²) < 4.78 is 36.1. The summed E-state index contributed by atoms with van der Waals surface area (Å²) in [6, 6.07) is 4.77. The molecule has 116 valence electrons. The van der Waals surface area contributed by atoms with Crippen LogP contribution in [0.25, 0.3) is 0 Å². The fourth-order valence-corrected chi connectivity index (χ4v) is 1.55. The summed E-state index contributed by atoms with van der Waals surface area (Å²) in [6.45, 7) is 3.48. The van der Waals surface area contributed by atoms with Gasteiger partial charge in [-0.05, 0) is 24.6 Å². The molecule has 2 N–H and O–H groups in total. The predicted octanol–water partition coefficient (Wildman–Crippen LogP) is 3.62. The van der Waals surface area contributed by atoms with Gasteiger partial charge >= 0.3 is 6.18 Å². The van der Waals surface area contributed by atoms with E-state index in [1.165, 1.54) is 6.07 Å². The second kappa shape index (κ2) is 7.10. The van der Waals surface area contributed by atoms with Crippen molar-refractivity contribution in [2.45, 2.75) is 39.3 Å². The van der Waals surface area contributed by atoms with E-state index in [4.69, 9.17) is 0 Å². The van der Waals surface area contributed by atoms with E-state index in [9.17, 15) is 22.8 Å². The van der Waals surface area contributed by atoms with Crippen molar-refractivity contribution in [3.05, 3.63) is 23.8 Å². The van der Waals surface area contributed by atoms with E-state index < -0.39 is 24.9 Å². The zero-order valence-corrected chi connectivity index (χ0v) is 11.8. The fourth-order valence-electron chi connectivity index (χ4n) is 1.55. The Kier molecular flexibility index (Phi) is 5.75. The highest BCUT2D eigenvalue weighted by Crippen LogP contribution is 2.23. The van der Waals surface area contributed by atoms with Gasteiger partial charge in [0.15, 0.2) is 0 Å². The minimum Gasteiger partial charge on any atom is -0.326 e. The molecule has 1 aromatic carbocycles. The first-order valence-corrected chi connectivity index (χ1v) is 6.48. The van der Waals surface area contributed by atoms with E-state index in [2.05, 4.69) is 10.6 Å². The van der Waals surface area contributed by atoms with Crippen LogP contribution in [0.2, 0.25) is 0 Å². The lowest BCUT2D eigenvalue weighted by molar-refractivity contribution is -0.142. The van der Waals surface area contributed by atoms with E-state index in [1.54, 1.807) is 26.0 Å². The molecule has 0 aliphatic rings. The van der Waals surface area contributed by atoms with Crippen molar-refractivity contribution < 1.29 is 22.8 Å². The number of amides is 2. The Morgan fingerprint density at radius 1 is 1.14 bits per heavy atom. The summed E-state index contributed by atoms with van der Waals surface area (Å²) in [4.78, 5) is 22.8. The lowest BCUT2D eigenvalue weighted by atomic mass is 10.1. The molecule has 0 unspecified atom stereocenters. The fraction of sp³-hybridized carbons (Fsp3) is 0.429. The molecular formula is C14H17F3N2O2. The van der Waals surface area contributed by atoms with Crippen LogP contribution >= 0.6 is 0 Å². The molecule has 21 heavy (non-hydrogen) atoms. The van der Waals surface area contributed by atoms with Gasteiger partial charge in [0.05, 0.1) is 6.42 Å². The molecule has 1 aromatic rings.